The lowest BCUT2D eigenvalue weighted by Gasteiger charge is -2.11. The molecule has 130 valence electrons. The lowest BCUT2D eigenvalue weighted by Crippen LogP contribution is -2.13. The number of anilines is 1. The van der Waals surface area contributed by atoms with E-state index in [1.165, 1.54) is 12.1 Å². The molecule has 0 atom stereocenters. The van der Waals surface area contributed by atoms with Gasteiger partial charge in [0, 0.05) is 17.1 Å². The molecule has 1 N–H and O–H groups in total. The predicted octanol–water partition coefficient (Wildman–Crippen LogP) is 4.95. The molecule has 0 fully saturated rings. The molecule has 5 nitrogen and oxygen atoms in total. The van der Waals surface area contributed by atoms with Crippen LogP contribution in [0.25, 0.3) is 22.1 Å². The quantitative estimate of drug-likeness (QED) is 0.505. The summed E-state index contributed by atoms with van der Waals surface area (Å²) in [5, 5.41) is 1.03. The first-order chi connectivity index (χ1) is 12.5. The van der Waals surface area contributed by atoms with E-state index in [9.17, 15) is 8.42 Å². The fraction of sp³-hybridized carbons (Fsp3) is 0. The second-order valence-corrected chi connectivity index (χ2v) is 7.69. The van der Waals surface area contributed by atoms with E-state index in [4.69, 9.17) is 16.0 Å². The van der Waals surface area contributed by atoms with Gasteiger partial charge < -0.3 is 4.42 Å². The molecule has 4 rings (SSSR count). The Kier molecular flexibility index (Phi) is 4.14. The molecule has 0 saturated carbocycles. The summed E-state index contributed by atoms with van der Waals surface area (Å²) in [7, 11) is -3.75. The normalized spacial score (nSPS) is 11.6. The smallest absolute Gasteiger partial charge is 0.261 e. The molecule has 2 aromatic heterocycles. The van der Waals surface area contributed by atoms with Crippen LogP contribution in [0.3, 0.4) is 0 Å². The number of furan rings is 1. The van der Waals surface area contributed by atoms with Crippen molar-refractivity contribution in [2.75, 3.05) is 4.72 Å². The first-order valence-corrected chi connectivity index (χ1v) is 9.60. The standard InChI is InChI=1S/C19H13ClN2O3S/c20-19-17(22-26(23,24)16-4-2-1-3-5-16)11-15(12-21-19)13-6-7-18-14(10-13)8-9-25-18/h1-12,22H. The van der Waals surface area contributed by atoms with Crippen LogP contribution in [-0.4, -0.2) is 13.4 Å². The Bertz CT molecular complexity index is 1190. The van der Waals surface area contributed by atoms with Gasteiger partial charge in [-0.15, -0.1) is 0 Å². The number of hydrogen-bond donors (Lipinski definition) is 1. The lowest BCUT2D eigenvalue weighted by atomic mass is 10.1. The van der Waals surface area contributed by atoms with Crippen molar-refractivity contribution in [2.45, 2.75) is 4.90 Å². The molecule has 0 unspecified atom stereocenters. The van der Waals surface area contributed by atoms with Crippen molar-refractivity contribution in [3.63, 3.8) is 0 Å². The van der Waals surface area contributed by atoms with Crippen LogP contribution in [0.5, 0.6) is 0 Å². The number of sulfonamides is 1. The van der Waals surface area contributed by atoms with Crippen LogP contribution >= 0.6 is 11.6 Å². The predicted molar refractivity (Wildman–Crippen MR) is 102 cm³/mol. The molecule has 7 heteroatoms. The van der Waals surface area contributed by atoms with Gasteiger partial charge in [0.15, 0.2) is 5.15 Å². The van der Waals surface area contributed by atoms with E-state index in [1.54, 1.807) is 36.7 Å². The van der Waals surface area contributed by atoms with E-state index >= 15 is 0 Å². The Balaban J connectivity index is 1.72. The van der Waals surface area contributed by atoms with Crippen molar-refractivity contribution < 1.29 is 12.8 Å². The van der Waals surface area contributed by atoms with Crippen molar-refractivity contribution in [1.29, 1.82) is 0 Å². The van der Waals surface area contributed by atoms with Crippen molar-refractivity contribution in [2.24, 2.45) is 0 Å². The van der Waals surface area contributed by atoms with E-state index < -0.39 is 10.0 Å². The molecule has 0 spiro atoms. The van der Waals surface area contributed by atoms with Gasteiger partial charge in [0.25, 0.3) is 10.0 Å². The largest absolute Gasteiger partial charge is 0.464 e. The summed E-state index contributed by atoms with van der Waals surface area (Å²) in [4.78, 5) is 4.27. The van der Waals surface area contributed by atoms with Crippen LogP contribution in [0.2, 0.25) is 5.15 Å². The van der Waals surface area contributed by atoms with Crippen LogP contribution in [0, 0.1) is 0 Å². The molecule has 2 heterocycles. The lowest BCUT2D eigenvalue weighted by molar-refractivity contribution is 0.601. The van der Waals surface area contributed by atoms with E-state index in [0.717, 1.165) is 22.1 Å². The second-order valence-electron chi connectivity index (χ2n) is 5.65. The van der Waals surface area contributed by atoms with Gasteiger partial charge in [-0.2, -0.15) is 0 Å². The third-order valence-corrected chi connectivity index (χ3v) is 5.61. The van der Waals surface area contributed by atoms with Crippen LogP contribution in [0.4, 0.5) is 5.69 Å². The van der Waals surface area contributed by atoms with Crippen molar-refractivity contribution in [3.8, 4) is 11.1 Å². The van der Waals surface area contributed by atoms with Gasteiger partial charge in [-0.25, -0.2) is 13.4 Å². The zero-order chi connectivity index (χ0) is 18.1. The monoisotopic (exact) mass is 384 g/mol. The molecule has 4 aromatic rings. The summed E-state index contributed by atoms with van der Waals surface area (Å²) in [5.74, 6) is 0. The molecule has 0 saturated heterocycles. The van der Waals surface area contributed by atoms with E-state index in [1.807, 2.05) is 24.3 Å². The third kappa shape index (κ3) is 3.16. The highest BCUT2D eigenvalue weighted by Gasteiger charge is 2.16. The van der Waals surface area contributed by atoms with Crippen LogP contribution in [-0.2, 0) is 10.0 Å². The van der Waals surface area contributed by atoms with Crippen LogP contribution < -0.4 is 4.72 Å². The highest BCUT2D eigenvalue weighted by atomic mass is 35.5. The summed E-state index contributed by atoms with van der Waals surface area (Å²) >= 11 is 6.10. The number of benzene rings is 2. The molecule has 0 aliphatic heterocycles. The van der Waals surface area contributed by atoms with Gasteiger partial charge in [-0.1, -0.05) is 35.9 Å². The van der Waals surface area contributed by atoms with Gasteiger partial charge in [-0.05, 0) is 42.0 Å². The van der Waals surface area contributed by atoms with E-state index in [-0.39, 0.29) is 15.7 Å². The average Bonchev–Trinajstić information content (AvgIpc) is 3.12. The molecule has 26 heavy (non-hydrogen) atoms. The Hall–Kier alpha value is -2.83. The average molecular weight is 385 g/mol. The number of nitrogens with one attached hydrogen (secondary N) is 1. The van der Waals surface area contributed by atoms with Gasteiger partial charge in [0.2, 0.25) is 0 Å². The minimum Gasteiger partial charge on any atom is -0.464 e. The zero-order valence-corrected chi connectivity index (χ0v) is 15.0. The first-order valence-electron chi connectivity index (χ1n) is 7.74. The van der Waals surface area contributed by atoms with Gasteiger partial charge in [0.1, 0.15) is 5.58 Å². The summed E-state index contributed by atoms with van der Waals surface area (Å²) < 4.78 is 32.9. The Morgan fingerprint density at radius 3 is 2.58 bits per heavy atom. The number of rotatable bonds is 4. The maximum atomic E-state index is 12.5. The number of aromatic nitrogens is 1. The molecule has 2 aromatic carbocycles. The summed E-state index contributed by atoms with van der Waals surface area (Å²) in [6.07, 6.45) is 3.22. The molecular weight excluding hydrogens is 372 g/mol. The molecular formula is C19H13ClN2O3S. The number of nitrogens with zero attached hydrogens (tertiary/aromatic N) is 1. The SMILES string of the molecule is O=S(=O)(Nc1cc(-c2ccc3occc3c2)cnc1Cl)c1ccccc1. The second kappa shape index (κ2) is 6.48. The Morgan fingerprint density at radius 1 is 0.962 bits per heavy atom. The minimum atomic E-state index is -3.75. The first kappa shape index (κ1) is 16.6. The summed E-state index contributed by atoms with van der Waals surface area (Å²) in [5.41, 5.74) is 2.62. The molecule has 0 bridgehead atoms. The number of hydrogen-bond acceptors (Lipinski definition) is 4. The summed E-state index contributed by atoms with van der Waals surface area (Å²) in [6.45, 7) is 0. The van der Waals surface area contributed by atoms with Crippen molar-refractivity contribution in [3.05, 3.63) is 78.3 Å². The highest BCUT2D eigenvalue weighted by Crippen LogP contribution is 2.30. The molecule has 0 amide bonds. The van der Waals surface area contributed by atoms with Crippen LogP contribution in [0.15, 0.2) is 82.4 Å². The Labute approximate surface area is 155 Å². The molecule has 0 aliphatic rings. The topological polar surface area (TPSA) is 72.2 Å². The van der Waals surface area contributed by atoms with E-state index in [2.05, 4.69) is 9.71 Å². The van der Waals surface area contributed by atoms with Crippen molar-refractivity contribution >= 4 is 38.3 Å². The fourth-order valence-electron chi connectivity index (χ4n) is 2.63. The van der Waals surface area contributed by atoms with E-state index in [0.29, 0.717) is 0 Å². The number of halogens is 1. The fourth-order valence-corrected chi connectivity index (χ4v) is 3.91. The summed E-state index contributed by atoms with van der Waals surface area (Å²) in [6, 6.07) is 17.3. The minimum absolute atomic E-state index is 0.0812. The molecule has 0 aliphatic carbocycles. The Morgan fingerprint density at radius 2 is 1.77 bits per heavy atom. The van der Waals surface area contributed by atoms with Gasteiger partial charge in [0.05, 0.1) is 16.8 Å². The maximum absolute atomic E-state index is 12.5. The maximum Gasteiger partial charge on any atom is 0.261 e. The third-order valence-electron chi connectivity index (χ3n) is 3.92. The van der Waals surface area contributed by atoms with Gasteiger partial charge in [-0.3, -0.25) is 4.72 Å². The number of fused-ring (bicyclic) bond motifs is 1. The van der Waals surface area contributed by atoms with Gasteiger partial charge >= 0.3 is 0 Å². The zero-order valence-electron chi connectivity index (χ0n) is 13.4. The molecule has 0 radical (unpaired) electrons. The highest BCUT2D eigenvalue weighted by molar-refractivity contribution is 7.92. The number of pyridine rings is 1. The van der Waals surface area contributed by atoms with Crippen LogP contribution in [0.1, 0.15) is 0 Å². The van der Waals surface area contributed by atoms with Crippen molar-refractivity contribution in [1.82, 2.24) is 4.98 Å².